The predicted molar refractivity (Wildman–Crippen MR) is 148 cm³/mol. The summed E-state index contributed by atoms with van der Waals surface area (Å²) in [4.78, 5) is 0. The Bertz CT molecular complexity index is 1530. The van der Waals surface area contributed by atoms with Gasteiger partial charge < -0.3 is 10.2 Å². The summed E-state index contributed by atoms with van der Waals surface area (Å²) in [5.41, 5.74) is 0. The molecule has 6 aromatic carbocycles. The second-order valence-electron chi connectivity index (χ2n) is 8.97. The lowest BCUT2D eigenvalue weighted by Crippen LogP contribution is -2.74. The molecule has 0 saturated carbocycles. The number of benzene rings is 6. The van der Waals surface area contributed by atoms with Crippen LogP contribution in [0.2, 0.25) is 0 Å². The SMILES string of the molecule is Oc1ccc2cc([Si](c3ccccc3)(c3ccccc3)c3ccc4cc(O)ccc4c3)ccc2c1. The van der Waals surface area contributed by atoms with Gasteiger partial charge in [0, 0.05) is 0 Å². The second kappa shape index (κ2) is 8.46. The number of phenolic OH excluding ortho intramolecular Hbond substituents is 2. The predicted octanol–water partition coefficient (Wildman–Crippen LogP) is 4.78. The number of hydrogen-bond donors (Lipinski definition) is 2. The van der Waals surface area contributed by atoms with Crippen molar-refractivity contribution in [3.05, 3.63) is 133 Å². The normalized spacial score (nSPS) is 11.7. The van der Waals surface area contributed by atoms with Gasteiger partial charge in [-0.25, -0.2) is 0 Å². The van der Waals surface area contributed by atoms with Crippen molar-refractivity contribution in [1.29, 1.82) is 0 Å². The Morgan fingerprint density at radius 3 is 1.14 bits per heavy atom. The summed E-state index contributed by atoms with van der Waals surface area (Å²) >= 11 is 0. The van der Waals surface area contributed by atoms with Crippen LogP contribution in [0.15, 0.2) is 133 Å². The number of fused-ring (bicyclic) bond motifs is 2. The molecule has 0 aliphatic rings. The van der Waals surface area contributed by atoms with E-state index in [1.54, 1.807) is 12.1 Å². The highest BCUT2D eigenvalue weighted by atomic mass is 28.3. The van der Waals surface area contributed by atoms with E-state index in [1.165, 1.54) is 20.7 Å². The fraction of sp³-hybridized carbons (Fsp3) is 0. The molecule has 0 bridgehead atoms. The number of hydrogen-bond acceptors (Lipinski definition) is 2. The Balaban J connectivity index is 1.73. The van der Waals surface area contributed by atoms with Crippen molar-refractivity contribution in [2.45, 2.75) is 0 Å². The standard InChI is InChI=1S/C32H24O2Si/c33-27-15-11-25-21-31(17-13-23(25)19-27)35(29-7-3-1-4-8-29,30-9-5-2-6-10-30)32-18-14-24-20-28(34)16-12-26(24)22-32/h1-22,33-34H. The molecule has 2 N–H and O–H groups in total. The molecule has 0 aliphatic carbocycles. The molecule has 6 aromatic rings. The molecule has 3 heteroatoms. The van der Waals surface area contributed by atoms with Gasteiger partial charge in [-0.3, -0.25) is 0 Å². The zero-order chi connectivity index (χ0) is 23.8. The second-order valence-corrected chi connectivity index (χ2v) is 12.8. The van der Waals surface area contributed by atoms with E-state index in [0.717, 1.165) is 21.5 Å². The van der Waals surface area contributed by atoms with Gasteiger partial charge >= 0.3 is 0 Å². The van der Waals surface area contributed by atoms with Gasteiger partial charge in [-0.15, -0.1) is 0 Å². The lowest BCUT2D eigenvalue weighted by molar-refractivity contribution is 0.475. The highest BCUT2D eigenvalue weighted by molar-refractivity contribution is 7.20. The quantitative estimate of drug-likeness (QED) is 0.289. The average molecular weight is 469 g/mol. The Kier molecular flexibility index (Phi) is 5.13. The molecule has 0 fully saturated rings. The van der Waals surface area contributed by atoms with Crippen LogP contribution in [0.5, 0.6) is 11.5 Å². The van der Waals surface area contributed by atoms with Crippen molar-refractivity contribution < 1.29 is 10.2 Å². The molecule has 0 aliphatic heterocycles. The molecule has 168 valence electrons. The van der Waals surface area contributed by atoms with Crippen molar-refractivity contribution in [3.8, 4) is 11.5 Å². The van der Waals surface area contributed by atoms with E-state index < -0.39 is 8.07 Å². The molecule has 0 aromatic heterocycles. The Morgan fingerprint density at radius 1 is 0.343 bits per heavy atom. The van der Waals surface area contributed by atoms with E-state index >= 15 is 0 Å². The van der Waals surface area contributed by atoms with E-state index in [-0.39, 0.29) is 11.5 Å². The highest BCUT2D eigenvalue weighted by Crippen LogP contribution is 2.23. The van der Waals surface area contributed by atoms with Gasteiger partial charge in [0.2, 0.25) is 0 Å². The van der Waals surface area contributed by atoms with Crippen molar-refractivity contribution >= 4 is 50.4 Å². The van der Waals surface area contributed by atoms with Gasteiger partial charge in [0.15, 0.2) is 8.07 Å². The lowest BCUT2D eigenvalue weighted by atomic mass is 10.1. The van der Waals surface area contributed by atoms with E-state index in [0.29, 0.717) is 0 Å². The summed E-state index contributed by atoms with van der Waals surface area (Å²) in [6, 6.07) is 46.1. The van der Waals surface area contributed by atoms with Crippen molar-refractivity contribution in [1.82, 2.24) is 0 Å². The highest BCUT2D eigenvalue weighted by Gasteiger charge is 2.41. The number of rotatable bonds is 4. The molecule has 0 heterocycles. The molecular formula is C32H24O2Si. The molecule has 0 amide bonds. The monoisotopic (exact) mass is 468 g/mol. The Hall–Kier alpha value is -4.34. The molecule has 35 heavy (non-hydrogen) atoms. The summed E-state index contributed by atoms with van der Waals surface area (Å²) < 4.78 is 0. The fourth-order valence-corrected chi connectivity index (χ4v) is 10.1. The van der Waals surface area contributed by atoms with E-state index in [2.05, 4.69) is 97.1 Å². The molecular weight excluding hydrogens is 444 g/mol. The van der Waals surface area contributed by atoms with E-state index in [9.17, 15) is 10.2 Å². The van der Waals surface area contributed by atoms with Gasteiger partial charge in [0.05, 0.1) is 0 Å². The number of aromatic hydroxyl groups is 2. The minimum atomic E-state index is -2.69. The maximum atomic E-state index is 10.0. The fourth-order valence-electron chi connectivity index (χ4n) is 5.31. The average Bonchev–Trinajstić information content (AvgIpc) is 2.90. The summed E-state index contributed by atoms with van der Waals surface area (Å²) in [5, 5.41) is 29.4. The van der Waals surface area contributed by atoms with E-state index in [4.69, 9.17) is 0 Å². The third-order valence-corrected chi connectivity index (χ3v) is 11.7. The minimum absolute atomic E-state index is 0.276. The summed E-state index contributed by atoms with van der Waals surface area (Å²) in [6.45, 7) is 0. The van der Waals surface area contributed by atoms with Crippen LogP contribution < -0.4 is 20.7 Å². The first-order valence-electron chi connectivity index (χ1n) is 11.7. The van der Waals surface area contributed by atoms with Crippen molar-refractivity contribution in [3.63, 3.8) is 0 Å². The van der Waals surface area contributed by atoms with Gasteiger partial charge in [0.25, 0.3) is 0 Å². The smallest absolute Gasteiger partial charge is 0.179 e. The molecule has 0 saturated heterocycles. The van der Waals surface area contributed by atoms with Crippen LogP contribution in [0.25, 0.3) is 21.5 Å². The topological polar surface area (TPSA) is 40.5 Å². The summed E-state index contributed by atoms with van der Waals surface area (Å²) in [5.74, 6) is 0.551. The molecule has 0 atom stereocenters. The zero-order valence-corrected chi connectivity index (χ0v) is 20.1. The third-order valence-electron chi connectivity index (χ3n) is 6.93. The zero-order valence-electron chi connectivity index (χ0n) is 19.1. The maximum Gasteiger partial charge on any atom is 0.179 e. The van der Waals surface area contributed by atoms with Gasteiger partial charge in [-0.1, -0.05) is 109 Å². The maximum absolute atomic E-state index is 10.0. The molecule has 0 spiro atoms. The molecule has 0 unspecified atom stereocenters. The molecule has 0 radical (unpaired) electrons. The van der Waals surface area contributed by atoms with Crippen molar-refractivity contribution in [2.75, 3.05) is 0 Å². The lowest BCUT2D eigenvalue weighted by Gasteiger charge is -2.34. The number of phenols is 2. The largest absolute Gasteiger partial charge is 0.508 e. The minimum Gasteiger partial charge on any atom is -0.508 e. The first kappa shape index (κ1) is 21.2. The first-order valence-corrected chi connectivity index (χ1v) is 13.7. The summed E-state index contributed by atoms with van der Waals surface area (Å²) in [7, 11) is -2.69. The van der Waals surface area contributed by atoms with Crippen LogP contribution in [-0.2, 0) is 0 Å². The Labute approximate surface area is 205 Å². The van der Waals surface area contributed by atoms with Crippen LogP contribution in [0.1, 0.15) is 0 Å². The van der Waals surface area contributed by atoms with Gasteiger partial charge in [-0.2, -0.15) is 0 Å². The molecule has 2 nitrogen and oxygen atoms in total. The van der Waals surface area contributed by atoms with Crippen LogP contribution in [0.3, 0.4) is 0 Å². The Morgan fingerprint density at radius 2 is 0.714 bits per heavy atom. The van der Waals surface area contributed by atoms with Gasteiger partial charge in [-0.05, 0) is 66.6 Å². The summed E-state index contributed by atoms with van der Waals surface area (Å²) in [6.07, 6.45) is 0. The first-order chi connectivity index (χ1) is 17.1. The van der Waals surface area contributed by atoms with Crippen LogP contribution in [0.4, 0.5) is 0 Å². The van der Waals surface area contributed by atoms with Crippen LogP contribution >= 0.6 is 0 Å². The van der Waals surface area contributed by atoms with E-state index in [1.807, 2.05) is 24.3 Å². The van der Waals surface area contributed by atoms with Crippen molar-refractivity contribution in [2.24, 2.45) is 0 Å². The van der Waals surface area contributed by atoms with Crippen LogP contribution in [-0.4, -0.2) is 18.3 Å². The van der Waals surface area contributed by atoms with Crippen LogP contribution in [0, 0.1) is 0 Å². The van der Waals surface area contributed by atoms with Gasteiger partial charge in [0.1, 0.15) is 11.5 Å². The molecule has 6 rings (SSSR count). The third kappa shape index (κ3) is 3.58.